The van der Waals surface area contributed by atoms with E-state index in [1.807, 2.05) is 6.20 Å². The fourth-order valence-electron chi connectivity index (χ4n) is 3.86. The highest BCUT2D eigenvalue weighted by Crippen LogP contribution is 2.40. The van der Waals surface area contributed by atoms with Crippen molar-refractivity contribution in [2.45, 2.75) is 26.0 Å². The Morgan fingerprint density at radius 1 is 0.966 bits per heavy atom. The first-order chi connectivity index (χ1) is 13.8. The molecule has 0 N–H and O–H groups in total. The van der Waals surface area contributed by atoms with Crippen LogP contribution in [0.2, 0.25) is 0 Å². The van der Waals surface area contributed by atoms with Crippen LogP contribution >= 0.6 is 11.3 Å². The highest BCUT2D eigenvalue weighted by molar-refractivity contribution is 7.17. The van der Waals surface area contributed by atoms with E-state index in [1.54, 1.807) is 11.3 Å². The molecule has 0 aliphatic heterocycles. The molecule has 2 nitrogen and oxygen atoms in total. The first kappa shape index (κ1) is 18.5. The minimum Gasteiger partial charge on any atom is -0.455 e. The average molecular weight is 395 g/mol. The van der Waals surface area contributed by atoms with Crippen molar-refractivity contribution in [1.29, 1.82) is 0 Å². The van der Waals surface area contributed by atoms with E-state index in [-0.39, 0.29) is 10.6 Å². The number of furan rings is 1. The van der Waals surface area contributed by atoms with Crippen LogP contribution in [-0.4, -0.2) is 20.7 Å². The lowest BCUT2D eigenvalue weighted by atomic mass is 9.41. The summed E-state index contributed by atoms with van der Waals surface area (Å²) in [5.41, 5.74) is 5.30. The smallest absolute Gasteiger partial charge is 0.144 e. The number of hydrogen-bond acceptors (Lipinski definition) is 3. The molecular formula is C24H23B2NOS. The summed E-state index contributed by atoms with van der Waals surface area (Å²) in [5, 5.41) is 5.73. The summed E-state index contributed by atoms with van der Waals surface area (Å²) in [6, 6.07) is 17.3. The molecule has 0 aliphatic rings. The van der Waals surface area contributed by atoms with E-state index >= 15 is 0 Å². The van der Waals surface area contributed by atoms with Gasteiger partial charge in [-0.1, -0.05) is 43.7 Å². The van der Waals surface area contributed by atoms with Gasteiger partial charge in [0.05, 0.1) is 5.69 Å². The van der Waals surface area contributed by atoms with Gasteiger partial charge in [-0.2, -0.15) is 0 Å². The van der Waals surface area contributed by atoms with Crippen LogP contribution in [0.15, 0.2) is 64.5 Å². The normalized spacial score (nSPS) is 12.9. The zero-order chi connectivity index (χ0) is 20.4. The number of benzene rings is 2. The second-order valence-corrected chi connectivity index (χ2v) is 10.3. The van der Waals surface area contributed by atoms with Crippen molar-refractivity contribution < 1.29 is 4.42 Å². The lowest BCUT2D eigenvalue weighted by Gasteiger charge is -2.40. The van der Waals surface area contributed by atoms with Gasteiger partial charge < -0.3 is 4.42 Å². The molecule has 142 valence electrons. The number of hydrogen-bond donors (Lipinski definition) is 0. The van der Waals surface area contributed by atoms with E-state index in [9.17, 15) is 0 Å². The Kier molecular flexibility index (Phi) is 3.98. The molecule has 29 heavy (non-hydrogen) atoms. The van der Waals surface area contributed by atoms with Gasteiger partial charge in [-0.25, -0.2) is 0 Å². The molecular weight excluding hydrogens is 372 g/mol. The number of para-hydroxylation sites is 1. The maximum Gasteiger partial charge on any atom is 0.144 e. The zero-order valence-electron chi connectivity index (χ0n) is 17.5. The van der Waals surface area contributed by atoms with Gasteiger partial charge in [0.15, 0.2) is 0 Å². The van der Waals surface area contributed by atoms with Crippen LogP contribution in [0.4, 0.5) is 0 Å². The summed E-state index contributed by atoms with van der Waals surface area (Å²) in [6.07, 6.45) is 1.93. The molecule has 5 aromatic rings. The molecule has 0 unspecified atom stereocenters. The van der Waals surface area contributed by atoms with E-state index in [1.165, 1.54) is 21.0 Å². The number of fused-ring (bicyclic) bond motifs is 4. The van der Waals surface area contributed by atoms with Crippen molar-refractivity contribution in [3.05, 3.63) is 65.7 Å². The zero-order valence-corrected chi connectivity index (χ0v) is 18.4. The maximum absolute atomic E-state index is 6.37. The van der Waals surface area contributed by atoms with Gasteiger partial charge in [0.2, 0.25) is 0 Å². The Morgan fingerprint density at radius 2 is 1.79 bits per heavy atom. The molecule has 5 rings (SSSR count). The summed E-state index contributed by atoms with van der Waals surface area (Å²) < 4.78 is 7.63. The second-order valence-electron chi connectivity index (χ2n) is 9.40. The lowest BCUT2D eigenvalue weighted by Crippen LogP contribution is -2.41. The van der Waals surface area contributed by atoms with E-state index in [0.29, 0.717) is 0 Å². The van der Waals surface area contributed by atoms with Crippen molar-refractivity contribution in [1.82, 2.24) is 4.98 Å². The summed E-state index contributed by atoms with van der Waals surface area (Å²) in [4.78, 5) is 4.71. The minimum atomic E-state index is 0.0246. The van der Waals surface area contributed by atoms with Crippen molar-refractivity contribution in [3.63, 3.8) is 0 Å². The number of rotatable bonds is 2. The molecule has 5 heteroatoms. The molecule has 0 bridgehead atoms. The Hall–Kier alpha value is -2.52. The van der Waals surface area contributed by atoms with Gasteiger partial charge in [-0.3, -0.25) is 4.98 Å². The monoisotopic (exact) mass is 395 g/mol. The van der Waals surface area contributed by atoms with Crippen molar-refractivity contribution in [3.8, 4) is 11.3 Å². The number of pyridine rings is 1. The molecule has 0 amide bonds. The highest BCUT2D eigenvalue weighted by atomic mass is 32.1. The molecule has 2 aromatic carbocycles. The summed E-state index contributed by atoms with van der Waals surface area (Å²) in [5.74, 6) is 0. The van der Waals surface area contributed by atoms with Crippen LogP contribution in [0, 0.1) is 5.41 Å². The van der Waals surface area contributed by atoms with Gasteiger partial charge in [0, 0.05) is 27.2 Å². The van der Waals surface area contributed by atoms with Crippen LogP contribution in [0.5, 0.6) is 0 Å². The van der Waals surface area contributed by atoms with Crippen LogP contribution in [0.3, 0.4) is 0 Å². The third-order valence-electron chi connectivity index (χ3n) is 6.70. The molecule has 0 spiro atoms. The van der Waals surface area contributed by atoms with Gasteiger partial charge >= 0.3 is 0 Å². The SMILES string of the molecule is BC(B)(c1ccnc(-c2cccc3c2oc2cc4sccc4cc23)c1)C(C)(C)C. The summed E-state index contributed by atoms with van der Waals surface area (Å²) in [7, 11) is 4.61. The first-order valence-corrected chi connectivity index (χ1v) is 10.9. The van der Waals surface area contributed by atoms with Crippen molar-refractivity contribution in [2.24, 2.45) is 5.41 Å². The molecule has 3 heterocycles. The predicted molar refractivity (Wildman–Crippen MR) is 131 cm³/mol. The maximum atomic E-state index is 6.37. The van der Waals surface area contributed by atoms with Gasteiger partial charge in [0.1, 0.15) is 26.9 Å². The minimum absolute atomic E-state index is 0.0246. The molecule has 0 saturated carbocycles. The van der Waals surface area contributed by atoms with Gasteiger partial charge in [-0.05, 0) is 52.6 Å². The lowest BCUT2D eigenvalue weighted by molar-refractivity contribution is 0.358. The second kappa shape index (κ2) is 6.24. The van der Waals surface area contributed by atoms with Crippen molar-refractivity contribution >= 4 is 59.1 Å². The third-order valence-corrected chi connectivity index (χ3v) is 7.58. The van der Waals surface area contributed by atoms with Crippen molar-refractivity contribution in [2.75, 3.05) is 0 Å². The number of thiophene rings is 1. The van der Waals surface area contributed by atoms with Gasteiger partial charge in [0.25, 0.3) is 0 Å². The van der Waals surface area contributed by atoms with E-state index in [4.69, 9.17) is 9.40 Å². The fraction of sp³-hybridized carbons (Fsp3) is 0.208. The predicted octanol–water partition coefficient (Wildman–Crippen LogP) is 5.33. The Bertz CT molecular complexity index is 1370. The van der Waals surface area contributed by atoms with Crippen LogP contribution in [0.25, 0.3) is 43.3 Å². The summed E-state index contributed by atoms with van der Waals surface area (Å²) >= 11 is 1.75. The Labute approximate surface area is 176 Å². The van der Waals surface area contributed by atoms with Crippen LogP contribution in [-0.2, 0) is 5.21 Å². The molecule has 0 atom stereocenters. The Morgan fingerprint density at radius 3 is 2.59 bits per heavy atom. The van der Waals surface area contributed by atoms with Gasteiger partial charge in [-0.15, -0.1) is 11.3 Å². The topological polar surface area (TPSA) is 26.0 Å². The fourth-order valence-corrected chi connectivity index (χ4v) is 4.66. The first-order valence-electron chi connectivity index (χ1n) is 10.0. The molecule has 3 aromatic heterocycles. The molecule has 0 fully saturated rings. The molecule has 0 saturated heterocycles. The quantitative estimate of drug-likeness (QED) is 0.378. The third kappa shape index (κ3) is 2.83. The highest BCUT2D eigenvalue weighted by Gasteiger charge is 2.34. The summed E-state index contributed by atoms with van der Waals surface area (Å²) in [6.45, 7) is 6.87. The number of aromatic nitrogens is 1. The Balaban J connectivity index is 1.73. The van der Waals surface area contributed by atoms with E-state index in [2.05, 4.69) is 90.4 Å². The largest absolute Gasteiger partial charge is 0.455 e. The molecule has 0 aliphatic carbocycles. The standard InChI is InChI=1S/C24H23B2NOS/c1-23(2,3)24(25,26)15-7-9-27-19(12-15)17-6-4-5-16-18-11-14-8-10-29-21(14)13-20(18)28-22(16)17/h4-13H,25-26H2,1-3H3. The average Bonchev–Trinajstić information content (AvgIpc) is 3.28. The van der Waals surface area contributed by atoms with Crippen LogP contribution < -0.4 is 0 Å². The van der Waals surface area contributed by atoms with E-state index < -0.39 is 0 Å². The van der Waals surface area contributed by atoms with Crippen LogP contribution in [0.1, 0.15) is 26.3 Å². The molecule has 0 radical (unpaired) electrons. The van der Waals surface area contributed by atoms with E-state index in [0.717, 1.165) is 27.8 Å². The number of nitrogens with zero attached hydrogens (tertiary/aromatic N) is 1.